The van der Waals surface area contributed by atoms with Crippen LogP contribution >= 0.6 is 0 Å². The van der Waals surface area contributed by atoms with E-state index in [1.54, 1.807) is 24.3 Å². The Bertz CT molecular complexity index is 679. The van der Waals surface area contributed by atoms with Crippen LogP contribution in [-0.4, -0.2) is 43.1 Å². The van der Waals surface area contributed by atoms with Crippen molar-refractivity contribution in [2.24, 2.45) is 17.2 Å². The van der Waals surface area contributed by atoms with Crippen LogP contribution in [0.5, 0.6) is 5.75 Å². The van der Waals surface area contributed by atoms with Crippen molar-refractivity contribution in [3.8, 4) is 5.75 Å². The number of hydrogen-bond acceptors (Lipinski definition) is 6. The number of carbonyl (C=O) groups excluding carboxylic acids is 1. The zero-order chi connectivity index (χ0) is 22.6. The lowest BCUT2D eigenvalue weighted by atomic mass is 10.1. The first-order valence-corrected chi connectivity index (χ1v) is 10.1. The van der Waals surface area contributed by atoms with Gasteiger partial charge in [-0.05, 0) is 69.1 Å². The van der Waals surface area contributed by atoms with Gasteiger partial charge in [0.15, 0.2) is 0 Å². The quantitative estimate of drug-likeness (QED) is 0.344. The van der Waals surface area contributed by atoms with E-state index in [0.717, 1.165) is 37.8 Å². The lowest BCUT2D eigenvalue weighted by molar-refractivity contribution is -0.138. The van der Waals surface area contributed by atoms with Crippen molar-refractivity contribution in [3.05, 3.63) is 65.7 Å². The van der Waals surface area contributed by atoms with E-state index in [1.165, 1.54) is 5.56 Å². The molecule has 7 nitrogen and oxygen atoms in total. The van der Waals surface area contributed by atoms with Gasteiger partial charge in [-0.3, -0.25) is 9.59 Å². The van der Waals surface area contributed by atoms with Gasteiger partial charge in [0.2, 0.25) is 0 Å². The Labute approximate surface area is 179 Å². The lowest BCUT2D eigenvalue weighted by Crippen LogP contribution is -2.29. The molecule has 0 aliphatic rings. The minimum absolute atomic E-state index is 0.520. The molecule has 2 rings (SSSR count). The van der Waals surface area contributed by atoms with Gasteiger partial charge in [-0.15, -0.1) is 0 Å². The molecule has 0 amide bonds. The second-order valence-corrected chi connectivity index (χ2v) is 6.37. The number of rotatable bonds is 10. The summed E-state index contributed by atoms with van der Waals surface area (Å²) >= 11 is 0. The van der Waals surface area contributed by atoms with Crippen molar-refractivity contribution < 1.29 is 19.4 Å². The molecule has 0 bridgehead atoms. The summed E-state index contributed by atoms with van der Waals surface area (Å²) in [5.74, 6) is -0.130. The Morgan fingerprint density at radius 1 is 1.03 bits per heavy atom. The summed E-state index contributed by atoms with van der Waals surface area (Å²) in [4.78, 5) is 20.4. The number of carboxylic acids is 1. The Kier molecular flexibility index (Phi) is 16.6. The second kappa shape index (κ2) is 18.3. The summed E-state index contributed by atoms with van der Waals surface area (Å²) in [6.07, 6.45) is 3.97. The van der Waals surface area contributed by atoms with Crippen molar-refractivity contribution in [2.45, 2.75) is 38.6 Å². The molecule has 0 aliphatic heterocycles. The number of hydrogen-bond donors (Lipinski definition) is 4. The van der Waals surface area contributed by atoms with Crippen LogP contribution in [0.4, 0.5) is 0 Å². The summed E-state index contributed by atoms with van der Waals surface area (Å²) < 4.78 is 5.19. The average molecular weight is 418 g/mol. The number of benzene rings is 2. The Hall–Kier alpha value is -2.74. The predicted octanol–water partition coefficient (Wildman–Crippen LogP) is 2.61. The molecular formula is C23H35N3O4. The molecule has 30 heavy (non-hydrogen) atoms. The van der Waals surface area contributed by atoms with Gasteiger partial charge in [0.1, 0.15) is 18.1 Å². The third-order valence-corrected chi connectivity index (χ3v) is 3.89. The lowest BCUT2D eigenvalue weighted by Gasteiger charge is -2.03. The molecule has 0 radical (unpaired) electrons. The molecule has 1 unspecified atom stereocenters. The molecule has 0 aromatic heterocycles. The third kappa shape index (κ3) is 14.3. The summed E-state index contributed by atoms with van der Waals surface area (Å²) in [6.45, 7) is 3.92. The Morgan fingerprint density at radius 2 is 1.67 bits per heavy atom. The largest absolute Gasteiger partial charge is 0.494 e. The molecule has 0 saturated heterocycles. The molecule has 0 fully saturated rings. The fourth-order valence-corrected chi connectivity index (χ4v) is 2.25. The molecule has 0 heterocycles. The molecule has 7 N–H and O–H groups in total. The van der Waals surface area contributed by atoms with Crippen molar-refractivity contribution in [1.29, 1.82) is 0 Å². The number of carboxylic acid groups (broad SMARTS) is 1. The highest BCUT2D eigenvalue weighted by atomic mass is 16.5. The molecule has 2 aromatic rings. The fraction of sp³-hybridized carbons (Fsp3) is 0.391. The SMILES string of the molecule is CCOc1ccc(C=O)cc1.NCCCCC(N)C(=O)O.NCCc1ccccc1. The van der Waals surface area contributed by atoms with Gasteiger partial charge in [-0.2, -0.15) is 0 Å². The second-order valence-electron chi connectivity index (χ2n) is 6.37. The fourth-order valence-electron chi connectivity index (χ4n) is 2.25. The van der Waals surface area contributed by atoms with Gasteiger partial charge in [-0.1, -0.05) is 36.8 Å². The van der Waals surface area contributed by atoms with Gasteiger partial charge in [-0.25, -0.2) is 0 Å². The van der Waals surface area contributed by atoms with Crippen molar-refractivity contribution >= 4 is 12.3 Å². The maximum Gasteiger partial charge on any atom is 0.320 e. The zero-order valence-electron chi connectivity index (χ0n) is 17.7. The van der Waals surface area contributed by atoms with Crippen molar-refractivity contribution in [1.82, 2.24) is 0 Å². The van der Waals surface area contributed by atoms with Crippen molar-refractivity contribution in [2.75, 3.05) is 19.7 Å². The number of carbonyl (C=O) groups is 2. The van der Waals surface area contributed by atoms with Crippen LogP contribution < -0.4 is 21.9 Å². The monoisotopic (exact) mass is 417 g/mol. The van der Waals surface area contributed by atoms with E-state index in [0.29, 0.717) is 25.1 Å². The third-order valence-electron chi connectivity index (χ3n) is 3.89. The van der Waals surface area contributed by atoms with Crippen LogP contribution in [0.25, 0.3) is 0 Å². The number of aliphatic carboxylic acids is 1. The number of nitrogens with two attached hydrogens (primary N) is 3. The minimum Gasteiger partial charge on any atom is -0.494 e. The first-order chi connectivity index (χ1) is 14.5. The summed E-state index contributed by atoms with van der Waals surface area (Å²) in [7, 11) is 0. The predicted molar refractivity (Wildman–Crippen MR) is 121 cm³/mol. The van der Waals surface area contributed by atoms with Crippen LogP contribution in [0.1, 0.15) is 42.1 Å². The van der Waals surface area contributed by atoms with Gasteiger partial charge in [0.25, 0.3) is 0 Å². The van der Waals surface area contributed by atoms with E-state index in [2.05, 4.69) is 12.1 Å². The summed E-state index contributed by atoms with van der Waals surface area (Å²) in [5, 5.41) is 8.33. The van der Waals surface area contributed by atoms with E-state index in [4.69, 9.17) is 27.0 Å². The maximum absolute atomic E-state index is 10.2. The van der Waals surface area contributed by atoms with E-state index in [-0.39, 0.29) is 0 Å². The molecule has 7 heteroatoms. The average Bonchev–Trinajstić information content (AvgIpc) is 2.76. The molecule has 1 atom stereocenters. The topological polar surface area (TPSA) is 142 Å². The maximum atomic E-state index is 10.2. The van der Waals surface area contributed by atoms with Crippen LogP contribution in [-0.2, 0) is 11.2 Å². The molecule has 166 valence electrons. The first kappa shape index (κ1) is 27.3. The molecule has 0 saturated carbocycles. The van der Waals surface area contributed by atoms with Gasteiger partial charge in [0, 0.05) is 5.56 Å². The van der Waals surface area contributed by atoms with Crippen LogP contribution in [0.3, 0.4) is 0 Å². The normalized spacial score (nSPS) is 10.5. The molecule has 0 spiro atoms. The van der Waals surface area contributed by atoms with E-state index in [1.807, 2.05) is 25.1 Å². The van der Waals surface area contributed by atoms with E-state index < -0.39 is 12.0 Å². The Morgan fingerprint density at radius 3 is 2.13 bits per heavy atom. The van der Waals surface area contributed by atoms with Crippen LogP contribution in [0, 0.1) is 0 Å². The van der Waals surface area contributed by atoms with Gasteiger partial charge in [0.05, 0.1) is 6.61 Å². The highest BCUT2D eigenvalue weighted by Gasteiger charge is 2.09. The zero-order valence-corrected chi connectivity index (χ0v) is 17.7. The standard InChI is InChI=1S/C9H10O2.C8H11N.C6H14N2O2/c1-2-11-9-5-3-8(7-10)4-6-9;9-7-6-8-4-2-1-3-5-8;7-4-2-1-3-5(8)6(9)10/h3-7H,2H2,1H3;1-5H,6-7,9H2;5H,1-4,7-8H2,(H,9,10). The number of aldehydes is 1. The van der Waals surface area contributed by atoms with Crippen molar-refractivity contribution in [3.63, 3.8) is 0 Å². The first-order valence-electron chi connectivity index (χ1n) is 10.1. The van der Waals surface area contributed by atoms with Crippen LogP contribution in [0.15, 0.2) is 54.6 Å². The summed E-state index contributed by atoms with van der Waals surface area (Å²) in [5.41, 5.74) is 17.8. The minimum atomic E-state index is -0.933. The number of unbranched alkanes of at least 4 members (excludes halogenated alkanes) is 1. The highest BCUT2D eigenvalue weighted by molar-refractivity contribution is 5.74. The summed E-state index contributed by atoms with van der Waals surface area (Å²) in [6, 6.07) is 16.6. The smallest absolute Gasteiger partial charge is 0.320 e. The van der Waals surface area contributed by atoms with Crippen LogP contribution in [0.2, 0.25) is 0 Å². The molecule has 2 aromatic carbocycles. The highest BCUT2D eigenvalue weighted by Crippen LogP contribution is 2.10. The van der Waals surface area contributed by atoms with E-state index in [9.17, 15) is 9.59 Å². The number of ether oxygens (including phenoxy) is 1. The van der Waals surface area contributed by atoms with Gasteiger partial charge >= 0.3 is 5.97 Å². The van der Waals surface area contributed by atoms with Gasteiger partial charge < -0.3 is 27.0 Å². The Balaban J connectivity index is 0.000000423. The molecule has 0 aliphatic carbocycles. The van der Waals surface area contributed by atoms with E-state index >= 15 is 0 Å². The molecular weight excluding hydrogens is 382 g/mol.